The van der Waals surface area contributed by atoms with E-state index in [1.165, 1.54) is 12.3 Å². The number of pyridine rings is 1. The third kappa shape index (κ3) is 3.65. The highest BCUT2D eigenvalue weighted by Gasteiger charge is 2.22. The third-order valence-electron chi connectivity index (χ3n) is 2.55. The van der Waals surface area contributed by atoms with E-state index in [2.05, 4.69) is 35.6 Å². The number of tetrazole rings is 1. The maximum absolute atomic E-state index is 12.2. The average molecular weight is 332 g/mol. The normalized spacial score (nSPS) is 13.1. The molecule has 3 N–H and O–H groups in total. The van der Waals surface area contributed by atoms with Gasteiger partial charge in [0.1, 0.15) is 10.7 Å². The maximum Gasteiger partial charge on any atom is 0.242 e. The molecule has 0 aliphatic heterocycles. The van der Waals surface area contributed by atoms with Crippen LogP contribution >= 0.6 is 11.6 Å². The van der Waals surface area contributed by atoms with E-state index in [-0.39, 0.29) is 15.7 Å². The molecule has 0 fully saturated rings. The Labute approximate surface area is 126 Å². The van der Waals surface area contributed by atoms with Gasteiger partial charge in [-0.15, -0.1) is 10.2 Å². The molecule has 21 heavy (non-hydrogen) atoms. The number of nitrogens with one attached hydrogen (secondary N) is 3. The van der Waals surface area contributed by atoms with E-state index in [0.29, 0.717) is 12.4 Å². The van der Waals surface area contributed by atoms with Crippen LogP contribution in [0.5, 0.6) is 0 Å². The Morgan fingerprint density at radius 3 is 2.81 bits per heavy atom. The number of nitrogens with zero attached hydrogens (tertiary/aromatic N) is 4. The van der Waals surface area contributed by atoms with Crippen molar-refractivity contribution in [3.05, 3.63) is 23.1 Å². The van der Waals surface area contributed by atoms with Crippen molar-refractivity contribution in [3.63, 3.8) is 0 Å². The molecule has 0 aromatic carbocycles. The van der Waals surface area contributed by atoms with Gasteiger partial charge in [0.15, 0.2) is 5.82 Å². The number of sulfonamides is 1. The molecule has 2 heterocycles. The van der Waals surface area contributed by atoms with Crippen molar-refractivity contribution >= 4 is 27.4 Å². The summed E-state index contributed by atoms with van der Waals surface area (Å²) < 4.78 is 26.9. The highest BCUT2D eigenvalue weighted by molar-refractivity contribution is 7.89. The van der Waals surface area contributed by atoms with E-state index in [1.807, 2.05) is 6.92 Å². The first kappa shape index (κ1) is 15.6. The zero-order valence-electron chi connectivity index (χ0n) is 11.3. The lowest BCUT2D eigenvalue weighted by atomic mass is 10.4. The monoisotopic (exact) mass is 331 g/mol. The van der Waals surface area contributed by atoms with E-state index in [1.54, 1.807) is 6.92 Å². The fourth-order valence-corrected chi connectivity index (χ4v) is 3.04. The third-order valence-corrected chi connectivity index (χ3v) is 4.35. The Morgan fingerprint density at radius 1 is 1.48 bits per heavy atom. The summed E-state index contributed by atoms with van der Waals surface area (Å²) in [5, 5.41) is 16.2. The molecule has 2 aromatic rings. The van der Waals surface area contributed by atoms with Crippen LogP contribution in [0, 0.1) is 0 Å². The number of halogens is 1. The van der Waals surface area contributed by atoms with Crippen molar-refractivity contribution < 1.29 is 8.42 Å². The van der Waals surface area contributed by atoms with Gasteiger partial charge >= 0.3 is 0 Å². The van der Waals surface area contributed by atoms with Crippen LogP contribution in [0.3, 0.4) is 0 Å². The van der Waals surface area contributed by atoms with E-state index in [0.717, 1.165) is 0 Å². The van der Waals surface area contributed by atoms with E-state index in [9.17, 15) is 8.42 Å². The van der Waals surface area contributed by atoms with Crippen LogP contribution in [0.1, 0.15) is 25.7 Å². The Hall–Kier alpha value is -1.78. The van der Waals surface area contributed by atoms with Gasteiger partial charge in [-0.3, -0.25) is 0 Å². The molecule has 0 aliphatic carbocycles. The predicted octanol–water partition coefficient (Wildman–Crippen LogP) is 0.719. The first-order valence-electron chi connectivity index (χ1n) is 6.09. The molecule has 0 bridgehead atoms. The second kappa shape index (κ2) is 6.33. The molecule has 11 heteroatoms. The molecule has 2 aromatic heterocycles. The molecule has 0 saturated heterocycles. The number of hydrogen-bond donors (Lipinski definition) is 3. The van der Waals surface area contributed by atoms with Crippen LogP contribution < -0.4 is 10.0 Å². The van der Waals surface area contributed by atoms with Crippen molar-refractivity contribution in [2.24, 2.45) is 0 Å². The second-order valence-electron chi connectivity index (χ2n) is 4.14. The molecular weight excluding hydrogens is 318 g/mol. The largest absolute Gasteiger partial charge is 0.369 e. The lowest BCUT2D eigenvalue weighted by Gasteiger charge is -2.12. The Bertz CT molecular complexity index is 704. The Morgan fingerprint density at radius 2 is 2.24 bits per heavy atom. The molecule has 9 nitrogen and oxygen atoms in total. The number of anilines is 1. The van der Waals surface area contributed by atoms with Crippen LogP contribution in [0.4, 0.5) is 5.82 Å². The lowest BCUT2D eigenvalue weighted by Crippen LogP contribution is -2.27. The van der Waals surface area contributed by atoms with Gasteiger partial charge in [-0.2, -0.15) is 5.21 Å². The highest BCUT2D eigenvalue weighted by atomic mass is 35.5. The zero-order chi connectivity index (χ0) is 15.5. The van der Waals surface area contributed by atoms with Crippen molar-refractivity contribution in [2.45, 2.75) is 24.8 Å². The van der Waals surface area contributed by atoms with Gasteiger partial charge in [0.05, 0.1) is 11.1 Å². The number of aromatic nitrogens is 5. The van der Waals surface area contributed by atoms with Crippen LogP contribution in [0.2, 0.25) is 5.02 Å². The molecule has 0 aliphatic rings. The van der Waals surface area contributed by atoms with E-state index in [4.69, 9.17) is 11.6 Å². The smallest absolute Gasteiger partial charge is 0.242 e. The molecule has 0 spiro atoms. The first-order valence-corrected chi connectivity index (χ1v) is 7.95. The Kier molecular flexibility index (Phi) is 4.70. The van der Waals surface area contributed by atoms with Gasteiger partial charge in [0.25, 0.3) is 0 Å². The van der Waals surface area contributed by atoms with Crippen molar-refractivity contribution in [2.75, 3.05) is 11.9 Å². The summed E-state index contributed by atoms with van der Waals surface area (Å²) in [6.07, 6.45) is 1.23. The summed E-state index contributed by atoms with van der Waals surface area (Å²) in [4.78, 5) is 3.95. The summed E-state index contributed by atoms with van der Waals surface area (Å²) in [5.41, 5.74) is 0. The van der Waals surface area contributed by atoms with Gasteiger partial charge in [-0.1, -0.05) is 16.8 Å². The van der Waals surface area contributed by atoms with Gasteiger partial charge < -0.3 is 5.32 Å². The molecule has 1 unspecified atom stereocenters. The van der Waals surface area contributed by atoms with Gasteiger partial charge in [-0.05, 0) is 19.9 Å². The topological polar surface area (TPSA) is 126 Å². The number of rotatable bonds is 6. The average Bonchev–Trinajstić information content (AvgIpc) is 2.95. The number of aromatic amines is 1. The quantitative estimate of drug-likeness (QED) is 0.712. The minimum atomic E-state index is -3.79. The molecule has 1 atom stereocenters. The van der Waals surface area contributed by atoms with Crippen molar-refractivity contribution in [1.82, 2.24) is 30.3 Å². The first-order chi connectivity index (χ1) is 9.94. The fourth-order valence-electron chi connectivity index (χ4n) is 1.57. The fraction of sp³-hybridized carbons (Fsp3) is 0.400. The lowest BCUT2D eigenvalue weighted by molar-refractivity contribution is 0.559. The molecule has 114 valence electrons. The highest BCUT2D eigenvalue weighted by Crippen LogP contribution is 2.23. The summed E-state index contributed by atoms with van der Waals surface area (Å²) >= 11 is 5.99. The van der Waals surface area contributed by atoms with E-state index < -0.39 is 16.1 Å². The molecule has 0 saturated carbocycles. The van der Waals surface area contributed by atoms with Gasteiger partial charge in [0, 0.05) is 12.7 Å². The minimum Gasteiger partial charge on any atom is -0.369 e. The SMILES string of the molecule is CCNc1ncc(S(=O)(=O)NC(C)c2nn[nH]n2)cc1Cl. The predicted molar refractivity (Wildman–Crippen MR) is 76.3 cm³/mol. The minimum absolute atomic E-state index is 0.0375. The van der Waals surface area contributed by atoms with Gasteiger partial charge in [-0.25, -0.2) is 18.1 Å². The summed E-state index contributed by atoms with van der Waals surface area (Å²) in [6, 6.07) is 0.693. The van der Waals surface area contributed by atoms with Crippen molar-refractivity contribution in [1.29, 1.82) is 0 Å². The van der Waals surface area contributed by atoms with Crippen LogP contribution in [0.15, 0.2) is 17.2 Å². The van der Waals surface area contributed by atoms with E-state index >= 15 is 0 Å². The molecular formula is C10H14ClN7O2S. The van der Waals surface area contributed by atoms with Crippen LogP contribution in [-0.2, 0) is 10.0 Å². The standard InChI is InChI=1S/C10H14ClN7O2S/c1-3-12-10-8(11)4-7(5-13-10)21(19,20)16-6(2)9-14-17-18-15-9/h4-6,16H,3H2,1-2H3,(H,12,13)(H,14,15,17,18). The number of hydrogen-bond acceptors (Lipinski definition) is 7. The van der Waals surface area contributed by atoms with Gasteiger partial charge in [0.2, 0.25) is 10.0 Å². The number of H-pyrrole nitrogens is 1. The Balaban J connectivity index is 2.21. The molecule has 0 amide bonds. The summed E-state index contributed by atoms with van der Waals surface area (Å²) in [7, 11) is -3.79. The van der Waals surface area contributed by atoms with Crippen molar-refractivity contribution in [3.8, 4) is 0 Å². The van der Waals surface area contributed by atoms with Crippen LogP contribution in [0.25, 0.3) is 0 Å². The molecule has 0 radical (unpaired) electrons. The summed E-state index contributed by atoms with van der Waals surface area (Å²) in [5.74, 6) is 0.672. The molecule has 2 rings (SSSR count). The van der Waals surface area contributed by atoms with Crippen LogP contribution in [-0.4, -0.2) is 40.6 Å². The maximum atomic E-state index is 12.2. The summed E-state index contributed by atoms with van der Waals surface area (Å²) in [6.45, 7) is 4.12. The zero-order valence-corrected chi connectivity index (χ0v) is 12.9. The second-order valence-corrected chi connectivity index (χ2v) is 6.27.